The van der Waals surface area contributed by atoms with Crippen LogP contribution in [-0.4, -0.2) is 54.0 Å². The van der Waals surface area contributed by atoms with Gasteiger partial charge in [-0.3, -0.25) is 4.79 Å². The molecule has 0 bridgehead atoms. The Balaban J connectivity index is 1.78. The molecule has 2 aliphatic rings. The zero-order chi connectivity index (χ0) is 23.6. The Kier molecular flexibility index (Phi) is 6.70. The number of aliphatic hydroxyl groups is 1. The summed E-state index contributed by atoms with van der Waals surface area (Å²) in [7, 11) is 3.11. The summed E-state index contributed by atoms with van der Waals surface area (Å²) in [5.41, 5.74) is 0.489. The van der Waals surface area contributed by atoms with E-state index in [4.69, 9.17) is 14.2 Å². The van der Waals surface area contributed by atoms with Gasteiger partial charge in [0.2, 0.25) is 0 Å². The van der Waals surface area contributed by atoms with Crippen LogP contribution in [0.25, 0.3) is 0 Å². The summed E-state index contributed by atoms with van der Waals surface area (Å²) >= 11 is 0. The van der Waals surface area contributed by atoms with Crippen LogP contribution < -0.4 is 14.2 Å². The Labute approximate surface area is 194 Å². The van der Waals surface area contributed by atoms with Crippen LogP contribution in [0.2, 0.25) is 0 Å². The first kappa shape index (κ1) is 23.2. The molecule has 0 radical (unpaired) electrons. The van der Waals surface area contributed by atoms with Crippen molar-refractivity contribution in [1.29, 1.82) is 0 Å². The first-order chi connectivity index (χ1) is 15.9. The second kappa shape index (κ2) is 9.51. The van der Waals surface area contributed by atoms with Crippen LogP contribution in [0.15, 0.2) is 36.4 Å². The minimum Gasteiger partial charge on any atom is -0.504 e. The minimum absolute atomic E-state index is 0.0602. The Morgan fingerprint density at radius 1 is 1.09 bits per heavy atom. The minimum atomic E-state index is -0.812. The maximum atomic E-state index is 13.9. The van der Waals surface area contributed by atoms with Crippen molar-refractivity contribution < 1.29 is 29.2 Å². The molecule has 2 fully saturated rings. The van der Waals surface area contributed by atoms with Crippen LogP contribution in [0.1, 0.15) is 61.0 Å². The number of aromatic hydroxyl groups is 1. The van der Waals surface area contributed by atoms with Gasteiger partial charge in [-0.2, -0.15) is 0 Å². The van der Waals surface area contributed by atoms with E-state index in [1.54, 1.807) is 37.4 Å². The summed E-state index contributed by atoms with van der Waals surface area (Å²) in [6.45, 7) is 2.70. The summed E-state index contributed by atoms with van der Waals surface area (Å²) in [5, 5.41) is 21.8. The lowest BCUT2D eigenvalue weighted by molar-refractivity contribution is -0.115. The molecular formula is C26H33NO6. The molecule has 1 aliphatic carbocycles. The number of nitrogens with zero attached hydrogens (tertiary/aromatic N) is 1. The van der Waals surface area contributed by atoms with Crippen molar-refractivity contribution in [2.45, 2.75) is 50.7 Å². The summed E-state index contributed by atoms with van der Waals surface area (Å²) < 4.78 is 16.4. The number of carbonyl (C=O) groups is 1. The van der Waals surface area contributed by atoms with Crippen LogP contribution in [0.4, 0.5) is 0 Å². The van der Waals surface area contributed by atoms with E-state index in [0.29, 0.717) is 42.4 Å². The fourth-order valence-electron chi connectivity index (χ4n) is 5.44. The fraction of sp³-hybridized carbons (Fsp3) is 0.500. The predicted molar refractivity (Wildman–Crippen MR) is 124 cm³/mol. The molecule has 7 heteroatoms. The van der Waals surface area contributed by atoms with E-state index in [-0.39, 0.29) is 23.6 Å². The lowest BCUT2D eigenvalue weighted by atomic mass is 9.66. The topological polar surface area (TPSA) is 88.5 Å². The Morgan fingerprint density at radius 3 is 2.64 bits per heavy atom. The standard InChI is InChI=1S/C26H33NO6/c1-4-33-23-15-17(8-11-21(23)28)24-20-7-5-6-12-26(20,30)13-14-27(24)25(29)19-10-9-18(31-2)16-22(19)32-3/h8-11,15-16,20,24,28,30H,4-7,12-14H2,1-3H3/t20-,24-,26-/m0/s1. The van der Waals surface area contributed by atoms with Crippen molar-refractivity contribution in [3.8, 4) is 23.0 Å². The predicted octanol–water partition coefficient (Wildman–Crippen LogP) is 4.32. The smallest absolute Gasteiger partial charge is 0.258 e. The summed E-state index contributed by atoms with van der Waals surface area (Å²) in [5.74, 6) is 1.24. The Morgan fingerprint density at radius 2 is 1.91 bits per heavy atom. The molecule has 1 aliphatic heterocycles. The Bertz CT molecular complexity index is 1010. The van der Waals surface area contributed by atoms with Crippen molar-refractivity contribution in [3.05, 3.63) is 47.5 Å². The third kappa shape index (κ3) is 4.34. The number of hydrogen-bond acceptors (Lipinski definition) is 6. The largest absolute Gasteiger partial charge is 0.504 e. The van der Waals surface area contributed by atoms with Gasteiger partial charge in [0.15, 0.2) is 11.5 Å². The number of phenolic OH excluding ortho intramolecular Hbond substituents is 1. The first-order valence-corrected chi connectivity index (χ1v) is 11.6. The SMILES string of the molecule is CCOc1cc([C@H]2[C@@H]3CCCC[C@]3(O)CCN2C(=O)c2ccc(OC)cc2OC)ccc1O. The molecule has 7 nitrogen and oxygen atoms in total. The molecule has 0 aromatic heterocycles. The Hall–Kier alpha value is -2.93. The number of methoxy groups -OCH3 is 2. The molecule has 1 amide bonds. The van der Waals surface area contributed by atoms with Gasteiger partial charge in [0.1, 0.15) is 11.5 Å². The normalized spacial score (nSPS) is 24.7. The highest BCUT2D eigenvalue weighted by molar-refractivity contribution is 5.97. The van der Waals surface area contributed by atoms with Gasteiger partial charge in [0.25, 0.3) is 5.91 Å². The highest BCUT2D eigenvalue weighted by atomic mass is 16.5. The van der Waals surface area contributed by atoms with Crippen LogP contribution in [-0.2, 0) is 0 Å². The molecule has 1 heterocycles. The van der Waals surface area contributed by atoms with Gasteiger partial charge in [-0.15, -0.1) is 0 Å². The maximum absolute atomic E-state index is 13.9. The number of phenols is 1. The lowest BCUT2D eigenvalue weighted by Crippen LogP contribution is -2.56. The van der Waals surface area contributed by atoms with Crippen LogP contribution in [0.3, 0.4) is 0 Å². The van der Waals surface area contributed by atoms with E-state index in [2.05, 4.69) is 0 Å². The van der Waals surface area contributed by atoms with E-state index in [0.717, 1.165) is 31.2 Å². The number of rotatable bonds is 6. The van der Waals surface area contributed by atoms with Gasteiger partial charge in [0, 0.05) is 18.5 Å². The van der Waals surface area contributed by atoms with Gasteiger partial charge in [-0.1, -0.05) is 18.9 Å². The molecule has 2 aromatic carbocycles. The molecule has 1 saturated carbocycles. The monoisotopic (exact) mass is 455 g/mol. The van der Waals surface area contributed by atoms with Crippen LogP contribution in [0.5, 0.6) is 23.0 Å². The van der Waals surface area contributed by atoms with Crippen molar-refractivity contribution in [1.82, 2.24) is 4.90 Å². The van der Waals surface area contributed by atoms with Gasteiger partial charge in [-0.25, -0.2) is 0 Å². The molecule has 2 aromatic rings. The quantitative estimate of drug-likeness (QED) is 0.675. The molecule has 1 saturated heterocycles. The molecule has 0 spiro atoms. The average molecular weight is 456 g/mol. The number of likely N-dealkylation sites (tertiary alicyclic amines) is 1. The van der Waals surface area contributed by atoms with Gasteiger partial charge in [-0.05, 0) is 56.0 Å². The van der Waals surface area contributed by atoms with Crippen molar-refractivity contribution in [2.24, 2.45) is 5.92 Å². The molecule has 0 unspecified atom stereocenters. The van der Waals surface area contributed by atoms with Crippen LogP contribution >= 0.6 is 0 Å². The number of fused-ring (bicyclic) bond motifs is 1. The molecule has 178 valence electrons. The number of ether oxygens (including phenoxy) is 3. The van der Waals surface area contributed by atoms with Crippen molar-refractivity contribution >= 4 is 5.91 Å². The molecular weight excluding hydrogens is 422 g/mol. The third-order valence-electron chi connectivity index (χ3n) is 7.09. The second-order valence-corrected chi connectivity index (χ2v) is 8.88. The molecule has 2 N–H and O–H groups in total. The summed E-state index contributed by atoms with van der Waals surface area (Å²) in [6.07, 6.45) is 4.09. The zero-order valence-electron chi connectivity index (χ0n) is 19.5. The number of hydrogen-bond donors (Lipinski definition) is 2. The highest BCUT2D eigenvalue weighted by Gasteiger charge is 2.50. The van der Waals surface area contributed by atoms with Gasteiger partial charge < -0.3 is 29.3 Å². The summed E-state index contributed by atoms with van der Waals surface area (Å²) in [4.78, 5) is 15.7. The average Bonchev–Trinajstić information content (AvgIpc) is 2.83. The molecule has 33 heavy (non-hydrogen) atoms. The van der Waals surface area contributed by atoms with Gasteiger partial charge >= 0.3 is 0 Å². The van der Waals surface area contributed by atoms with E-state index in [1.165, 1.54) is 7.11 Å². The lowest BCUT2D eigenvalue weighted by Gasteiger charge is -2.52. The van der Waals surface area contributed by atoms with Crippen molar-refractivity contribution in [3.63, 3.8) is 0 Å². The third-order valence-corrected chi connectivity index (χ3v) is 7.09. The highest BCUT2D eigenvalue weighted by Crippen LogP contribution is 2.50. The second-order valence-electron chi connectivity index (χ2n) is 8.88. The van der Waals surface area contributed by atoms with E-state index in [1.807, 2.05) is 17.9 Å². The van der Waals surface area contributed by atoms with E-state index < -0.39 is 5.60 Å². The fourth-order valence-corrected chi connectivity index (χ4v) is 5.44. The molecule has 3 atom stereocenters. The number of amides is 1. The van der Waals surface area contributed by atoms with E-state index >= 15 is 0 Å². The van der Waals surface area contributed by atoms with Crippen LogP contribution in [0, 0.1) is 5.92 Å². The van der Waals surface area contributed by atoms with E-state index in [9.17, 15) is 15.0 Å². The number of carbonyl (C=O) groups excluding carboxylic acids is 1. The zero-order valence-corrected chi connectivity index (χ0v) is 19.5. The number of piperidine rings is 1. The van der Waals surface area contributed by atoms with Crippen molar-refractivity contribution in [2.75, 3.05) is 27.4 Å². The van der Waals surface area contributed by atoms with Gasteiger partial charge in [0.05, 0.1) is 38.0 Å². The molecule has 4 rings (SSSR count). The first-order valence-electron chi connectivity index (χ1n) is 11.6. The summed E-state index contributed by atoms with van der Waals surface area (Å²) in [6, 6.07) is 10.1. The maximum Gasteiger partial charge on any atom is 0.258 e. The number of benzene rings is 2.